The van der Waals surface area contributed by atoms with Gasteiger partial charge < -0.3 is 14.8 Å². The fourth-order valence-corrected chi connectivity index (χ4v) is 3.81. The van der Waals surface area contributed by atoms with Gasteiger partial charge in [0.05, 0.1) is 5.71 Å². The summed E-state index contributed by atoms with van der Waals surface area (Å²) in [5, 5.41) is 1.16. The number of amides is 1. The summed E-state index contributed by atoms with van der Waals surface area (Å²) in [6.07, 6.45) is 11.1. The monoisotopic (exact) mass is 430 g/mol. The molecule has 1 N–H and O–H groups in total. The Kier molecular flexibility index (Phi) is 7.18. The number of para-hydroxylation sites is 1. The molecule has 0 bridgehead atoms. The molecule has 0 aliphatic heterocycles. The summed E-state index contributed by atoms with van der Waals surface area (Å²) in [6.45, 7) is 15.7. The number of nitrogens with one attached hydrogen (secondary N) is 1. The number of fused-ring (bicyclic) bond motifs is 1. The first-order chi connectivity index (χ1) is 15.2. The number of benzene rings is 1. The predicted octanol–water partition coefficient (Wildman–Crippen LogP) is 5.60. The molecule has 1 amide bonds. The first-order valence-corrected chi connectivity index (χ1v) is 11.1. The van der Waals surface area contributed by atoms with Crippen molar-refractivity contribution in [2.75, 3.05) is 13.6 Å². The van der Waals surface area contributed by atoms with Crippen LogP contribution in [0.15, 0.2) is 84.3 Å². The largest absolute Gasteiger partial charge is 0.361 e. The Morgan fingerprint density at radius 3 is 2.62 bits per heavy atom. The summed E-state index contributed by atoms with van der Waals surface area (Å²) in [5.41, 5.74) is 3.60. The number of hydrogen-bond donors (Lipinski definition) is 1. The van der Waals surface area contributed by atoms with Crippen LogP contribution in [0, 0.1) is 0 Å². The number of nitrogens with zero attached hydrogens (tertiary/aromatic N) is 3. The van der Waals surface area contributed by atoms with Gasteiger partial charge in [-0.25, -0.2) is 4.99 Å². The normalized spacial score (nSPS) is 14.9. The average Bonchev–Trinajstić information content (AvgIpc) is 3.19. The van der Waals surface area contributed by atoms with Crippen molar-refractivity contribution in [2.24, 2.45) is 4.99 Å². The number of carbonyl (C=O) groups excluding carboxylic acids is 1. The molecule has 1 aromatic carbocycles. The number of allylic oxidation sites excluding steroid dienone is 5. The van der Waals surface area contributed by atoms with E-state index in [1.165, 1.54) is 0 Å². The van der Waals surface area contributed by atoms with Crippen molar-refractivity contribution in [3.05, 3.63) is 84.9 Å². The first-order valence-electron chi connectivity index (χ1n) is 11.1. The molecule has 0 spiro atoms. The van der Waals surface area contributed by atoms with Crippen LogP contribution in [0.25, 0.3) is 10.9 Å². The maximum absolute atomic E-state index is 12.9. The molecule has 1 heterocycles. The lowest BCUT2D eigenvalue weighted by atomic mass is 9.96. The van der Waals surface area contributed by atoms with E-state index in [0.717, 1.165) is 40.7 Å². The summed E-state index contributed by atoms with van der Waals surface area (Å²) in [6, 6.07) is 8.21. The summed E-state index contributed by atoms with van der Waals surface area (Å²) in [5.74, 6) is 0.833. The highest BCUT2D eigenvalue weighted by Crippen LogP contribution is 2.27. The summed E-state index contributed by atoms with van der Waals surface area (Å²) in [7, 11) is 1.99. The Bertz CT molecular complexity index is 1100. The van der Waals surface area contributed by atoms with Gasteiger partial charge in [0.1, 0.15) is 5.82 Å². The van der Waals surface area contributed by atoms with Crippen LogP contribution in [-0.2, 0) is 11.3 Å². The molecule has 0 saturated carbocycles. The lowest BCUT2D eigenvalue weighted by Crippen LogP contribution is -2.48. The Labute approximate surface area is 191 Å². The highest BCUT2D eigenvalue weighted by atomic mass is 16.2. The molecule has 32 heavy (non-hydrogen) atoms. The average molecular weight is 431 g/mol. The van der Waals surface area contributed by atoms with Crippen LogP contribution in [0.1, 0.15) is 39.2 Å². The molecule has 1 aliphatic rings. The summed E-state index contributed by atoms with van der Waals surface area (Å²) in [4.78, 5) is 24.9. The van der Waals surface area contributed by atoms with Gasteiger partial charge in [-0.1, -0.05) is 56.5 Å². The van der Waals surface area contributed by atoms with Crippen LogP contribution in [0.2, 0.25) is 0 Å². The highest BCUT2D eigenvalue weighted by molar-refractivity contribution is 6.11. The van der Waals surface area contributed by atoms with Crippen molar-refractivity contribution < 1.29 is 4.79 Å². The van der Waals surface area contributed by atoms with E-state index < -0.39 is 0 Å². The molecule has 2 aromatic rings. The zero-order valence-corrected chi connectivity index (χ0v) is 19.7. The number of hydrogen-bond acceptors (Lipinski definition) is 3. The van der Waals surface area contributed by atoms with Gasteiger partial charge in [0.2, 0.25) is 5.91 Å². The number of carbonyl (C=O) groups is 1. The Morgan fingerprint density at radius 2 is 1.91 bits per heavy atom. The second-order valence-electron chi connectivity index (χ2n) is 8.83. The van der Waals surface area contributed by atoms with Crippen LogP contribution < -0.4 is 0 Å². The second-order valence-corrected chi connectivity index (χ2v) is 8.83. The van der Waals surface area contributed by atoms with E-state index in [2.05, 4.69) is 49.1 Å². The van der Waals surface area contributed by atoms with Gasteiger partial charge in [0.15, 0.2) is 0 Å². The topological polar surface area (TPSA) is 51.7 Å². The van der Waals surface area contributed by atoms with Gasteiger partial charge in [0, 0.05) is 49.2 Å². The first kappa shape index (κ1) is 23.3. The second kappa shape index (κ2) is 9.86. The summed E-state index contributed by atoms with van der Waals surface area (Å²) >= 11 is 0. The van der Waals surface area contributed by atoms with Gasteiger partial charge in [-0.2, -0.15) is 0 Å². The maximum atomic E-state index is 12.9. The molecule has 0 unspecified atom stereocenters. The minimum atomic E-state index is -0.329. The van der Waals surface area contributed by atoms with Crippen molar-refractivity contribution >= 4 is 22.5 Å². The number of H-pyrrole nitrogens is 1. The zero-order chi connectivity index (χ0) is 23.3. The van der Waals surface area contributed by atoms with Crippen LogP contribution >= 0.6 is 0 Å². The molecule has 3 rings (SSSR count). The van der Waals surface area contributed by atoms with Gasteiger partial charge in [-0.15, -0.1) is 0 Å². The quantitative estimate of drug-likeness (QED) is 0.563. The van der Waals surface area contributed by atoms with E-state index in [1.807, 2.05) is 66.4 Å². The number of aromatic amines is 1. The minimum Gasteiger partial charge on any atom is -0.361 e. The van der Waals surface area contributed by atoms with Crippen molar-refractivity contribution in [2.45, 2.75) is 45.7 Å². The van der Waals surface area contributed by atoms with Crippen molar-refractivity contribution in [1.82, 2.24) is 14.8 Å². The van der Waals surface area contributed by atoms with Crippen LogP contribution in [-0.4, -0.2) is 45.5 Å². The molecule has 5 heteroatoms. The van der Waals surface area contributed by atoms with Crippen LogP contribution in [0.4, 0.5) is 0 Å². The molecular formula is C27H34N4O. The molecule has 0 fully saturated rings. The van der Waals surface area contributed by atoms with Crippen LogP contribution in [0.5, 0.6) is 0 Å². The van der Waals surface area contributed by atoms with E-state index in [1.54, 1.807) is 0 Å². The molecular weight excluding hydrogens is 396 g/mol. The zero-order valence-electron chi connectivity index (χ0n) is 19.7. The van der Waals surface area contributed by atoms with E-state index in [0.29, 0.717) is 18.8 Å². The fraction of sp³-hybridized carbons (Fsp3) is 0.333. The van der Waals surface area contributed by atoms with E-state index >= 15 is 0 Å². The highest BCUT2D eigenvalue weighted by Gasteiger charge is 2.31. The van der Waals surface area contributed by atoms with Gasteiger partial charge in [-0.05, 0) is 43.5 Å². The van der Waals surface area contributed by atoms with Gasteiger partial charge >= 0.3 is 0 Å². The Hall–Kier alpha value is -3.34. The predicted molar refractivity (Wildman–Crippen MR) is 134 cm³/mol. The van der Waals surface area contributed by atoms with E-state index in [9.17, 15) is 4.79 Å². The molecule has 0 atom stereocenters. The maximum Gasteiger partial charge on any atom is 0.223 e. The standard InChI is InChI=1S/C27H34N4O/c1-7-26(32)31(19-22-18-28-25-15-11-9-13-23(22)25)27(4,5)16-17-30(6)21(3)29-24-14-10-8-12-20(24)2/h8-15,18,28H,2-3,7,16-17,19H2,1,4-6H3. The van der Waals surface area contributed by atoms with Crippen LogP contribution in [0.3, 0.4) is 0 Å². The summed E-state index contributed by atoms with van der Waals surface area (Å²) < 4.78 is 0. The van der Waals surface area contributed by atoms with Gasteiger partial charge in [0.25, 0.3) is 0 Å². The third-order valence-corrected chi connectivity index (χ3v) is 6.08. The molecule has 0 saturated heterocycles. The van der Waals surface area contributed by atoms with Crippen molar-refractivity contribution in [3.8, 4) is 0 Å². The lowest BCUT2D eigenvalue weighted by Gasteiger charge is -2.40. The molecule has 1 aliphatic carbocycles. The third kappa shape index (κ3) is 5.28. The molecule has 1 aromatic heterocycles. The van der Waals surface area contributed by atoms with E-state index in [-0.39, 0.29) is 11.4 Å². The van der Waals surface area contributed by atoms with E-state index in [4.69, 9.17) is 0 Å². The smallest absolute Gasteiger partial charge is 0.223 e. The third-order valence-electron chi connectivity index (χ3n) is 6.08. The Morgan fingerprint density at radius 1 is 1.19 bits per heavy atom. The van der Waals surface area contributed by atoms with Crippen molar-refractivity contribution in [1.29, 1.82) is 0 Å². The molecule has 0 radical (unpaired) electrons. The Balaban J connectivity index is 1.71. The minimum absolute atomic E-state index is 0.150. The SMILES string of the molecule is C=C1C=CC=CC1=NC(=C)N(C)CCC(C)(C)N(Cc1c[nH]c2ccccc12)C(=O)CC. The number of aliphatic imine (C=N–C) groups is 1. The number of aromatic nitrogens is 1. The molecule has 5 nitrogen and oxygen atoms in total. The lowest BCUT2D eigenvalue weighted by molar-refractivity contribution is -0.137. The molecule has 168 valence electrons. The number of rotatable bonds is 9. The van der Waals surface area contributed by atoms with Gasteiger partial charge in [-0.3, -0.25) is 4.79 Å². The fourth-order valence-electron chi connectivity index (χ4n) is 3.81. The van der Waals surface area contributed by atoms with Crippen molar-refractivity contribution in [3.63, 3.8) is 0 Å².